The topological polar surface area (TPSA) is 85.8 Å². The predicted molar refractivity (Wildman–Crippen MR) is 96.2 cm³/mol. The Labute approximate surface area is 146 Å². The maximum atomic E-state index is 5.77. The van der Waals surface area contributed by atoms with Crippen LogP contribution in [0.1, 0.15) is 30.3 Å². The van der Waals surface area contributed by atoms with Crippen LogP contribution in [-0.2, 0) is 6.54 Å². The molecule has 2 N–H and O–H groups in total. The Hall–Kier alpha value is -2.96. The lowest BCUT2D eigenvalue weighted by molar-refractivity contribution is 0.467. The fourth-order valence-electron chi connectivity index (χ4n) is 3.38. The summed E-state index contributed by atoms with van der Waals surface area (Å²) < 4.78 is 2.21. The molecule has 0 aromatic carbocycles. The number of nitrogens with zero attached hydrogens (tertiary/aromatic N) is 6. The van der Waals surface area contributed by atoms with Crippen LogP contribution in [0.4, 0.5) is 11.6 Å². The number of pyridine rings is 1. The molecular weight excluding hydrogens is 314 g/mol. The molecule has 4 rings (SSSR count). The van der Waals surface area contributed by atoms with Crippen molar-refractivity contribution in [2.45, 2.75) is 25.3 Å². The van der Waals surface area contributed by atoms with E-state index in [0.717, 1.165) is 49.8 Å². The fraction of sp³-hybridized carbons (Fsp3) is 0.333. The molecule has 1 fully saturated rings. The summed E-state index contributed by atoms with van der Waals surface area (Å²) in [6.45, 7) is 2.65. The zero-order chi connectivity index (χ0) is 17.1. The number of nitrogen functional groups attached to an aromatic ring is 1. The van der Waals surface area contributed by atoms with Gasteiger partial charge in [0.25, 0.3) is 0 Å². The molecule has 7 heteroatoms. The fourth-order valence-corrected chi connectivity index (χ4v) is 3.38. The van der Waals surface area contributed by atoms with Gasteiger partial charge in [-0.05, 0) is 25.0 Å². The van der Waals surface area contributed by atoms with Crippen LogP contribution < -0.4 is 10.6 Å². The average molecular weight is 335 g/mol. The lowest BCUT2D eigenvalue weighted by atomic mass is 9.96. The summed E-state index contributed by atoms with van der Waals surface area (Å²) >= 11 is 0. The van der Waals surface area contributed by atoms with Crippen molar-refractivity contribution < 1.29 is 0 Å². The Balaban J connectivity index is 1.44. The van der Waals surface area contributed by atoms with Gasteiger partial charge < -0.3 is 15.2 Å². The third-order valence-corrected chi connectivity index (χ3v) is 4.66. The smallest absolute Gasteiger partial charge is 0.134 e. The molecule has 0 aliphatic carbocycles. The molecule has 0 atom stereocenters. The molecule has 4 heterocycles. The van der Waals surface area contributed by atoms with Crippen LogP contribution in [0.15, 0.2) is 49.2 Å². The zero-order valence-electron chi connectivity index (χ0n) is 14.0. The van der Waals surface area contributed by atoms with Gasteiger partial charge in [-0.15, -0.1) is 0 Å². The second kappa shape index (κ2) is 6.88. The van der Waals surface area contributed by atoms with Crippen LogP contribution in [0, 0.1) is 0 Å². The van der Waals surface area contributed by atoms with Crippen LogP contribution in [-0.4, -0.2) is 37.6 Å². The first-order valence-corrected chi connectivity index (χ1v) is 8.53. The van der Waals surface area contributed by atoms with Crippen LogP contribution in [0.5, 0.6) is 0 Å². The third-order valence-electron chi connectivity index (χ3n) is 4.66. The molecule has 1 aliphatic heterocycles. The van der Waals surface area contributed by atoms with Gasteiger partial charge in [0, 0.05) is 43.7 Å². The number of aromatic nitrogens is 5. The van der Waals surface area contributed by atoms with Crippen molar-refractivity contribution in [1.29, 1.82) is 0 Å². The summed E-state index contributed by atoms with van der Waals surface area (Å²) in [5, 5.41) is 0. The van der Waals surface area contributed by atoms with E-state index in [2.05, 4.69) is 29.4 Å². The van der Waals surface area contributed by atoms with E-state index in [1.807, 2.05) is 42.9 Å². The normalized spacial score (nSPS) is 15.4. The highest BCUT2D eigenvalue weighted by Crippen LogP contribution is 2.29. The summed E-state index contributed by atoms with van der Waals surface area (Å²) in [5.74, 6) is 3.02. The summed E-state index contributed by atoms with van der Waals surface area (Å²) in [5.41, 5.74) is 6.82. The van der Waals surface area contributed by atoms with Crippen molar-refractivity contribution in [3.63, 3.8) is 0 Å². The monoisotopic (exact) mass is 335 g/mol. The predicted octanol–water partition coefficient (Wildman–Crippen LogP) is 2.08. The first kappa shape index (κ1) is 15.6. The van der Waals surface area contributed by atoms with Crippen molar-refractivity contribution >= 4 is 11.6 Å². The number of anilines is 2. The Morgan fingerprint density at radius 3 is 2.68 bits per heavy atom. The largest absolute Gasteiger partial charge is 0.384 e. The number of rotatable bonds is 4. The van der Waals surface area contributed by atoms with Gasteiger partial charge in [-0.3, -0.25) is 4.98 Å². The van der Waals surface area contributed by atoms with Gasteiger partial charge >= 0.3 is 0 Å². The van der Waals surface area contributed by atoms with Gasteiger partial charge in [0.05, 0.1) is 12.2 Å². The van der Waals surface area contributed by atoms with Crippen LogP contribution in [0.2, 0.25) is 0 Å². The first-order valence-electron chi connectivity index (χ1n) is 8.53. The summed E-state index contributed by atoms with van der Waals surface area (Å²) in [7, 11) is 0. The van der Waals surface area contributed by atoms with Crippen LogP contribution in [0.3, 0.4) is 0 Å². The van der Waals surface area contributed by atoms with E-state index in [-0.39, 0.29) is 0 Å². The minimum atomic E-state index is 0.453. The minimum absolute atomic E-state index is 0.453. The van der Waals surface area contributed by atoms with E-state index < -0.39 is 0 Å². The van der Waals surface area contributed by atoms with Gasteiger partial charge in [0.1, 0.15) is 23.8 Å². The molecule has 1 aliphatic rings. The SMILES string of the molecule is Nc1cc(N2CCC(c3nccn3Cc3ccccn3)CC2)ncn1. The number of hydrogen-bond acceptors (Lipinski definition) is 6. The van der Waals surface area contributed by atoms with Crippen molar-refractivity contribution in [1.82, 2.24) is 24.5 Å². The molecule has 25 heavy (non-hydrogen) atoms. The molecule has 1 saturated heterocycles. The van der Waals surface area contributed by atoms with Crippen molar-refractivity contribution in [3.8, 4) is 0 Å². The van der Waals surface area contributed by atoms with Gasteiger partial charge in [-0.2, -0.15) is 0 Å². The number of nitrogens with two attached hydrogens (primary N) is 1. The van der Waals surface area contributed by atoms with Gasteiger partial charge in [0.2, 0.25) is 0 Å². The van der Waals surface area contributed by atoms with E-state index >= 15 is 0 Å². The standard InChI is InChI=1S/C18H21N7/c19-16-11-17(23-13-22-16)24-8-4-14(5-9-24)18-21-7-10-25(18)12-15-3-1-2-6-20-15/h1-3,6-7,10-11,13-14H,4-5,8-9,12H2,(H2,19,22,23). The lowest BCUT2D eigenvalue weighted by Crippen LogP contribution is -2.34. The van der Waals surface area contributed by atoms with E-state index in [1.165, 1.54) is 6.33 Å². The quantitative estimate of drug-likeness (QED) is 0.786. The highest BCUT2D eigenvalue weighted by atomic mass is 15.2. The number of hydrogen-bond donors (Lipinski definition) is 1. The van der Waals surface area contributed by atoms with Crippen molar-refractivity contribution in [2.24, 2.45) is 0 Å². The third kappa shape index (κ3) is 3.45. The van der Waals surface area contributed by atoms with Crippen LogP contribution in [0.25, 0.3) is 0 Å². The molecule has 128 valence electrons. The van der Waals surface area contributed by atoms with E-state index in [4.69, 9.17) is 5.73 Å². The molecule has 0 spiro atoms. The minimum Gasteiger partial charge on any atom is -0.384 e. The summed E-state index contributed by atoms with van der Waals surface area (Å²) in [4.78, 5) is 19.6. The zero-order valence-corrected chi connectivity index (χ0v) is 14.0. The molecule has 0 saturated carbocycles. The molecule has 0 bridgehead atoms. The Morgan fingerprint density at radius 2 is 1.92 bits per heavy atom. The maximum Gasteiger partial charge on any atom is 0.134 e. The molecular formula is C18H21N7. The molecule has 7 nitrogen and oxygen atoms in total. The van der Waals surface area contributed by atoms with Crippen LogP contribution >= 0.6 is 0 Å². The summed E-state index contributed by atoms with van der Waals surface area (Å²) in [6.07, 6.45) is 9.37. The first-order chi connectivity index (χ1) is 12.3. The lowest BCUT2D eigenvalue weighted by Gasteiger charge is -2.32. The van der Waals surface area contributed by atoms with Gasteiger partial charge in [-0.25, -0.2) is 15.0 Å². The van der Waals surface area contributed by atoms with Gasteiger partial charge in [0.15, 0.2) is 0 Å². The Morgan fingerprint density at radius 1 is 1.04 bits per heavy atom. The molecule has 0 unspecified atom stereocenters. The second-order valence-corrected chi connectivity index (χ2v) is 6.30. The maximum absolute atomic E-state index is 5.77. The Bertz CT molecular complexity index is 822. The van der Waals surface area contributed by atoms with Gasteiger partial charge in [-0.1, -0.05) is 6.07 Å². The molecule has 0 amide bonds. The highest BCUT2D eigenvalue weighted by molar-refractivity contribution is 5.46. The van der Waals surface area contributed by atoms with Crippen molar-refractivity contribution in [2.75, 3.05) is 23.7 Å². The molecule has 3 aromatic rings. The van der Waals surface area contributed by atoms with E-state index in [9.17, 15) is 0 Å². The van der Waals surface area contributed by atoms with E-state index in [1.54, 1.807) is 0 Å². The second-order valence-electron chi connectivity index (χ2n) is 6.30. The Kier molecular flexibility index (Phi) is 4.28. The summed E-state index contributed by atoms with van der Waals surface area (Å²) in [6, 6.07) is 7.84. The molecule has 0 radical (unpaired) electrons. The highest BCUT2D eigenvalue weighted by Gasteiger charge is 2.24. The average Bonchev–Trinajstić information content (AvgIpc) is 3.11. The number of imidazole rings is 1. The van der Waals surface area contributed by atoms with E-state index in [0.29, 0.717) is 11.7 Å². The molecule has 3 aromatic heterocycles. The van der Waals surface area contributed by atoms with Crippen molar-refractivity contribution in [3.05, 3.63) is 60.7 Å². The number of piperidine rings is 1.